The lowest BCUT2D eigenvalue weighted by molar-refractivity contribution is -0.301. The fourth-order valence-electron chi connectivity index (χ4n) is 1.97. The first-order valence-electron chi connectivity index (χ1n) is 6.34. The van der Waals surface area contributed by atoms with Crippen molar-refractivity contribution in [3.05, 3.63) is 12.3 Å². The van der Waals surface area contributed by atoms with Crippen LogP contribution in [0.15, 0.2) is 12.3 Å². The third kappa shape index (κ3) is 4.37. The zero-order valence-electron chi connectivity index (χ0n) is 11.3. The third-order valence-electron chi connectivity index (χ3n) is 2.65. The molecule has 0 radical (unpaired) electrons. The molecule has 0 aromatic rings. The smallest absolute Gasteiger partial charge is 0.227 e. The van der Waals surface area contributed by atoms with E-state index in [9.17, 15) is 0 Å². The summed E-state index contributed by atoms with van der Waals surface area (Å²) in [4.78, 5) is 2.26. The summed E-state index contributed by atoms with van der Waals surface area (Å²) < 4.78 is 11.8. The van der Waals surface area contributed by atoms with Gasteiger partial charge in [-0.1, -0.05) is 13.8 Å². The summed E-state index contributed by atoms with van der Waals surface area (Å²) in [5.74, 6) is -0.507. The lowest BCUT2D eigenvalue weighted by Crippen LogP contribution is -2.53. The van der Waals surface area contributed by atoms with Gasteiger partial charge in [-0.05, 0) is 13.8 Å². The van der Waals surface area contributed by atoms with Crippen molar-refractivity contribution in [3.8, 4) is 0 Å². The van der Waals surface area contributed by atoms with Crippen molar-refractivity contribution in [2.75, 3.05) is 26.3 Å². The predicted molar refractivity (Wildman–Crippen MR) is 72.5 cm³/mol. The van der Waals surface area contributed by atoms with Crippen LogP contribution in [-0.4, -0.2) is 46.6 Å². The van der Waals surface area contributed by atoms with E-state index < -0.39 is 5.91 Å². The van der Waals surface area contributed by atoms with E-state index in [1.165, 1.54) is 0 Å². The van der Waals surface area contributed by atoms with Gasteiger partial charge in [0.05, 0.1) is 9.52 Å². The fraction of sp³-hybridized carbons (Fsp3) is 0.833. The Bertz CT molecular complexity index is 178. The molecule has 0 saturated carbocycles. The molecule has 0 aliphatic carbocycles. The minimum Gasteiger partial charge on any atom is -0.338 e. The maximum absolute atomic E-state index is 5.91. The van der Waals surface area contributed by atoms with E-state index in [4.69, 9.17) is 9.47 Å². The van der Waals surface area contributed by atoms with Crippen LogP contribution in [0.1, 0.15) is 27.7 Å². The largest absolute Gasteiger partial charge is 0.338 e. The molecule has 0 amide bonds. The average molecular weight is 245 g/mol. The van der Waals surface area contributed by atoms with Crippen LogP contribution in [0, 0.1) is 0 Å². The minimum atomic E-state index is -0.507. The maximum atomic E-state index is 5.91. The molecular formula is C12H27NO2Si. The van der Waals surface area contributed by atoms with E-state index in [1.54, 1.807) is 0 Å². The number of hydrogen-bond donors (Lipinski definition) is 0. The zero-order chi connectivity index (χ0) is 12.4. The Hall–Kier alpha value is -0.163. The lowest BCUT2D eigenvalue weighted by atomic mass is 10.4. The van der Waals surface area contributed by atoms with Gasteiger partial charge in [0.25, 0.3) is 0 Å². The Kier molecular flexibility index (Phi) is 8.84. The minimum absolute atomic E-state index is 0.312. The highest BCUT2D eigenvalue weighted by molar-refractivity contribution is 6.42. The Morgan fingerprint density at radius 1 is 1.12 bits per heavy atom. The molecule has 0 aromatic heterocycles. The molecule has 0 atom stereocenters. The van der Waals surface area contributed by atoms with Gasteiger partial charge in [0.2, 0.25) is 5.91 Å². The zero-order valence-corrected chi connectivity index (χ0v) is 12.7. The SMILES string of the molecule is C=C[SiH2]CC(OCC)(OCC)N(CC)CC. The number of nitrogens with zero attached hydrogens (tertiary/aromatic N) is 1. The Morgan fingerprint density at radius 2 is 1.62 bits per heavy atom. The highest BCUT2D eigenvalue weighted by Gasteiger charge is 2.36. The summed E-state index contributed by atoms with van der Waals surface area (Å²) in [6.45, 7) is 15.4. The Morgan fingerprint density at radius 3 is 1.94 bits per heavy atom. The molecule has 0 rings (SSSR count). The van der Waals surface area contributed by atoms with Crippen molar-refractivity contribution in [2.45, 2.75) is 39.7 Å². The second kappa shape index (κ2) is 8.93. The first kappa shape index (κ1) is 15.8. The summed E-state index contributed by atoms with van der Waals surface area (Å²) in [7, 11) is -0.312. The summed E-state index contributed by atoms with van der Waals surface area (Å²) in [5.41, 5.74) is 2.05. The Labute approximate surface area is 103 Å². The summed E-state index contributed by atoms with van der Waals surface area (Å²) >= 11 is 0. The van der Waals surface area contributed by atoms with Crippen molar-refractivity contribution < 1.29 is 9.47 Å². The normalized spacial score (nSPS) is 12.8. The molecular weight excluding hydrogens is 218 g/mol. The topological polar surface area (TPSA) is 21.7 Å². The van der Waals surface area contributed by atoms with Crippen LogP contribution in [-0.2, 0) is 9.47 Å². The number of ether oxygens (including phenoxy) is 2. The van der Waals surface area contributed by atoms with Gasteiger partial charge in [0.15, 0.2) is 0 Å². The average Bonchev–Trinajstić information content (AvgIpc) is 2.28. The lowest BCUT2D eigenvalue weighted by Gasteiger charge is -2.41. The molecule has 96 valence electrons. The van der Waals surface area contributed by atoms with Crippen molar-refractivity contribution >= 4 is 9.52 Å². The monoisotopic (exact) mass is 245 g/mol. The molecule has 0 saturated heterocycles. The molecule has 0 aromatic carbocycles. The maximum Gasteiger partial charge on any atom is 0.227 e. The van der Waals surface area contributed by atoms with Gasteiger partial charge in [0, 0.05) is 32.3 Å². The van der Waals surface area contributed by atoms with Gasteiger partial charge < -0.3 is 9.47 Å². The third-order valence-corrected chi connectivity index (χ3v) is 3.98. The second-order valence-corrected chi connectivity index (χ2v) is 5.23. The standard InChI is InChI=1S/C12H27NO2Si/c1-6-13(7-2)12(14-8-3,15-9-4)11-16-10-5/h10H,5-9,11,16H2,1-4H3. The molecule has 4 heteroatoms. The molecule has 3 nitrogen and oxygen atoms in total. The highest BCUT2D eigenvalue weighted by Crippen LogP contribution is 2.24. The van der Waals surface area contributed by atoms with E-state index in [0.717, 1.165) is 19.1 Å². The second-order valence-electron chi connectivity index (χ2n) is 3.58. The predicted octanol–water partition coefficient (Wildman–Crippen LogP) is 1.79. The summed E-state index contributed by atoms with van der Waals surface area (Å²) in [5, 5.41) is 0. The van der Waals surface area contributed by atoms with Crippen LogP contribution in [0.2, 0.25) is 6.04 Å². The summed E-state index contributed by atoms with van der Waals surface area (Å²) in [6, 6.07) is 0.972. The van der Waals surface area contributed by atoms with Crippen molar-refractivity contribution in [1.82, 2.24) is 4.90 Å². The molecule has 0 N–H and O–H groups in total. The van der Waals surface area contributed by atoms with Crippen LogP contribution in [0.25, 0.3) is 0 Å². The van der Waals surface area contributed by atoms with Crippen LogP contribution in [0.3, 0.4) is 0 Å². The number of hydrogen-bond acceptors (Lipinski definition) is 3. The Balaban J connectivity index is 4.79. The van der Waals surface area contributed by atoms with Crippen molar-refractivity contribution in [2.24, 2.45) is 0 Å². The quantitative estimate of drug-likeness (QED) is 0.433. The van der Waals surface area contributed by atoms with Crippen LogP contribution in [0.5, 0.6) is 0 Å². The van der Waals surface area contributed by atoms with Crippen LogP contribution >= 0.6 is 0 Å². The first-order chi connectivity index (χ1) is 7.70. The molecule has 0 bridgehead atoms. The molecule has 0 aliphatic heterocycles. The van der Waals surface area contributed by atoms with E-state index in [0.29, 0.717) is 13.2 Å². The molecule has 0 spiro atoms. The first-order valence-corrected chi connectivity index (χ1v) is 8.16. The summed E-state index contributed by atoms with van der Waals surface area (Å²) in [6.07, 6.45) is 0. The van der Waals surface area contributed by atoms with E-state index in [-0.39, 0.29) is 9.52 Å². The molecule has 0 aliphatic rings. The van der Waals surface area contributed by atoms with Gasteiger partial charge in [-0.2, -0.15) is 0 Å². The van der Waals surface area contributed by atoms with Gasteiger partial charge >= 0.3 is 0 Å². The molecule has 0 heterocycles. The van der Waals surface area contributed by atoms with Crippen molar-refractivity contribution in [1.29, 1.82) is 0 Å². The van der Waals surface area contributed by atoms with Crippen LogP contribution < -0.4 is 0 Å². The molecule has 16 heavy (non-hydrogen) atoms. The van der Waals surface area contributed by atoms with E-state index in [2.05, 4.69) is 31.0 Å². The van der Waals surface area contributed by atoms with E-state index in [1.807, 2.05) is 13.8 Å². The molecule has 0 fully saturated rings. The van der Waals surface area contributed by atoms with Gasteiger partial charge in [0.1, 0.15) is 0 Å². The number of rotatable bonds is 10. The van der Waals surface area contributed by atoms with Gasteiger partial charge in [-0.25, -0.2) is 0 Å². The highest BCUT2D eigenvalue weighted by atomic mass is 28.2. The fourth-order valence-corrected chi connectivity index (χ4v) is 3.14. The van der Waals surface area contributed by atoms with Gasteiger partial charge in [-0.3, -0.25) is 4.90 Å². The van der Waals surface area contributed by atoms with Gasteiger partial charge in [-0.15, -0.1) is 12.3 Å². The van der Waals surface area contributed by atoms with E-state index >= 15 is 0 Å². The van der Waals surface area contributed by atoms with Crippen LogP contribution in [0.4, 0.5) is 0 Å². The van der Waals surface area contributed by atoms with Crippen molar-refractivity contribution in [3.63, 3.8) is 0 Å². The molecule has 0 unspecified atom stereocenters.